The van der Waals surface area contributed by atoms with E-state index >= 15 is 0 Å². The molecule has 1 atom stereocenters. The van der Waals surface area contributed by atoms with Gasteiger partial charge < -0.3 is 15.3 Å². The third kappa shape index (κ3) is 8.17. The van der Waals surface area contributed by atoms with Crippen molar-refractivity contribution in [1.82, 2.24) is 5.32 Å². The molecule has 3 rings (SSSR count). The molecule has 1 heterocycles. The van der Waals surface area contributed by atoms with Gasteiger partial charge in [-0.25, -0.2) is 0 Å². The standard InChI is InChI=1S/C31H48N2O4S2/c1-6-8-15-31(16-9-7-2)21-33(25-13-11-10-12-14-25)27-19-28(38-5)24(18-29(27)39(36,37)22-31)20-32-26(30(34)35)17-23(3)4/h10-14,18-19,23,26,32,36-37H,6-9,15-17,20-22H2,1-5H3,(H,34,35)/t26-/m0/s1. The van der Waals surface area contributed by atoms with Crippen molar-refractivity contribution in [2.45, 2.75) is 95.0 Å². The molecule has 0 unspecified atom stereocenters. The Morgan fingerprint density at radius 1 is 1.10 bits per heavy atom. The van der Waals surface area contributed by atoms with Gasteiger partial charge in [0.05, 0.1) is 10.6 Å². The highest BCUT2D eigenvalue weighted by molar-refractivity contribution is 8.24. The van der Waals surface area contributed by atoms with Crippen LogP contribution in [0.1, 0.15) is 78.2 Å². The first kappa shape index (κ1) is 31.8. The first-order valence-corrected chi connectivity index (χ1v) is 17.3. The van der Waals surface area contributed by atoms with E-state index < -0.39 is 22.6 Å². The average Bonchev–Trinajstić information content (AvgIpc) is 3.00. The number of hydrogen-bond donors (Lipinski definition) is 4. The number of anilines is 2. The van der Waals surface area contributed by atoms with E-state index in [0.717, 1.165) is 66.9 Å². The van der Waals surface area contributed by atoms with Gasteiger partial charge in [0.25, 0.3) is 0 Å². The molecule has 0 amide bonds. The molecule has 1 aliphatic rings. The van der Waals surface area contributed by atoms with Gasteiger partial charge in [0.2, 0.25) is 0 Å². The van der Waals surface area contributed by atoms with Gasteiger partial charge in [0.1, 0.15) is 6.04 Å². The zero-order chi connectivity index (χ0) is 28.6. The van der Waals surface area contributed by atoms with Gasteiger partial charge >= 0.3 is 5.97 Å². The van der Waals surface area contributed by atoms with E-state index in [1.54, 1.807) is 11.8 Å². The van der Waals surface area contributed by atoms with E-state index in [1.165, 1.54) is 0 Å². The summed E-state index contributed by atoms with van der Waals surface area (Å²) >= 11 is 1.61. The molecule has 0 spiro atoms. The van der Waals surface area contributed by atoms with Crippen LogP contribution in [0, 0.1) is 11.3 Å². The molecular weight excluding hydrogens is 528 g/mol. The summed E-state index contributed by atoms with van der Waals surface area (Å²) in [5.41, 5.74) is 2.58. The number of benzene rings is 2. The number of nitrogens with one attached hydrogen (secondary N) is 1. The molecule has 0 saturated carbocycles. The largest absolute Gasteiger partial charge is 0.480 e. The van der Waals surface area contributed by atoms with Gasteiger partial charge in [-0.2, -0.15) is 10.6 Å². The smallest absolute Gasteiger partial charge is 0.320 e. The van der Waals surface area contributed by atoms with Crippen molar-refractivity contribution < 1.29 is 19.0 Å². The predicted molar refractivity (Wildman–Crippen MR) is 167 cm³/mol. The summed E-state index contributed by atoms with van der Waals surface area (Å²) < 4.78 is 23.7. The first-order valence-electron chi connectivity index (χ1n) is 14.3. The Morgan fingerprint density at radius 2 is 1.74 bits per heavy atom. The third-order valence-electron chi connectivity index (χ3n) is 7.74. The maximum atomic E-state index is 11.9. The maximum absolute atomic E-state index is 11.9. The number of carboxylic acid groups (broad SMARTS) is 1. The van der Waals surface area contributed by atoms with Crippen LogP contribution in [0.5, 0.6) is 0 Å². The molecule has 4 N–H and O–H groups in total. The highest BCUT2D eigenvalue weighted by Gasteiger charge is 2.42. The Kier molecular flexibility index (Phi) is 11.6. The van der Waals surface area contributed by atoms with Gasteiger partial charge in [-0.15, -0.1) is 11.8 Å². The number of fused-ring (bicyclic) bond motifs is 1. The normalized spacial score (nSPS) is 17.9. The van der Waals surface area contributed by atoms with Crippen LogP contribution in [0.2, 0.25) is 0 Å². The van der Waals surface area contributed by atoms with Crippen molar-refractivity contribution in [1.29, 1.82) is 0 Å². The van der Waals surface area contributed by atoms with Crippen LogP contribution >= 0.6 is 22.4 Å². The number of thioether (sulfide) groups is 1. The van der Waals surface area contributed by atoms with E-state index in [9.17, 15) is 19.0 Å². The SMILES string of the molecule is CCCCC1(CCCC)CN(c2ccccc2)c2cc(SC)c(CN[C@@H](CC(C)C)C(=O)O)cc2S(O)(O)C1. The van der Waals surface area contributed by atoms with Crippen molar-refractivity contribution in [2.75, 3.05) is 23.5 Å². The first-order chi connectivity index (χ1) is 18.6. The lowest BCUT2D eigenvalue weighted by molar-refractivity contribution is -0.140. The number of carbonyl (C=O) groups is 1. The summed E-state index contributed by atoms with van der Waals surface area (Å²) in [5, 5.41) is 13.0. The third-order valence-corrected chi connectivity index (χ3v) is 10.6. The fourth-order valence-electron chi connectivity index (χ4n) is 5.71. The van der Waals surface area contributed by atoms with Gasteiger partial charge in [0, 0.05) is 34.8 Å². The summed E-state index contributed by atoms with van der Waals surface area (Å²) in [6.45, 7) is 9.51. The van der Waals surface area contributed by atoms with Gasteiger partial charge in [0.15, 0.2) is 0 Å². The summed E-state index contributed by atoms with van der Waals surface area (Å²) in [6, 6.07) is 13.6. The highest BCUT2D eigenvalue weighted by Crippen LogP contribution is 2.61. The topological polar surface area (TPSA) is 93.0 Å². The second-order valence-corrected chi connectivity index (χ2v) is 14.4. The molecule has 0 saturated heterocycles. The minimum atomic E-state index is -3.10. The molecule has 0 radical (unpaired) electrons. The number of nitrogens with zero attached hydrogens (tertiary/aromatic N) is 1. The monoisotopic (exact) mass is 576 g/mol. The highest BCUT2D eigenvalue weighted by atomic mass is 32.3. The lowest BCUT2D eigenvalue weighted by atomic mass is 9.79. The van der Waals surface area contributed by atoms with Crippen LogP contribution in [-0.4, -0.2) is 44.8 Å². The second kappa shape index (κ2) is 14.3. The van der Waals surface area contributed by atoms with E-state index in [-0.39, 0.29) is 11.3 Å². The zero-order valence-electron chi connectivity index (χ0n) is 24.3. The van der Waals surface area contributed by atoms with Crippen molar-refractivity contribution in [3.05, 3.63) is 48.0 Å². The molecule has 0 aliphatic carbocycles. The lowest BCUT2D eigenvalue weighted by Crippen LogP contribution is -2.38. The molecule has 39 heavy (non-hydrogen) atoms. The Morgan fingerprint density at radius 3 is 2.28 bits per heavy atom. The van der Waals surface area contributed by atoms with Crippen molar-refractivity contribution in [3.63, 3.8) is 0 Å². The molecule has 8 heteroatoms. The summed E-state index contributed by atoms with van der Waals surface area (Å²) in [6.07, 6.45) is 8.70. The fourth-order valence-corrected chi connectivity index (χ4v) is 8.56. The zero-order valence-corrected chi connectivity index (χ0v) is 25.9. The molecule has 218 valence electrons. The minimum absolute atomic E-state index is 0.219. The maximum Gasteiger partial charge on any atom is 0.320 e. The Bertz CT molecular complexity index is 1070. The number of para-hydroxylation sites is 1. The van der Waals surface area contributed by atoms with Crippen LogP contribution < -0.4 is 10.2 Å². The number of aliphatic carboxylic acids is 1. The van der Waals surface area contributed by atoms with Crippen LogP contribution in [0.3, 0.4) is 0 Å². The molecule has 1 aliphatic heterocycles. The lowest BCUT2D eigenvalue weighted by Gasteiger charge is -2.42. The molecular formula is C31H48N2O4S2. The van der Waals surface area contributed by atoms with Crippen LogP contribution in [0.25, 0.3) is 0 Å². The Balaban J connectivity index is 2.13. The summed E-state index contributed by atoms with van der Waals surface area (Å²) in [4.78, 5) is 15.8. The molecule has 0 bridgehead atoms. The van der Waals surface area contributed by atoms with Crippen LogP contribution in [-0.2, 0) is 11.3 Å². The molecule has 6 nitrogen and oxygen atoms in total. The Labute approximate surface area is 241 Å². The predicted octanol–water partition coefficient (Wildman–Crippen LogP) is 8.63. The van der Waals surface area contributed by atoms with E-state index in [2.05, 4.69) is 42.3 Å². The number of hydrogen-bond acceptors (Lipinski definition) is 6. The van der Waals surface area contributed by atoms with Gasteiger partial charge in [-0.05, 0) is 61.3 Å². The summed E-state index contributed by atoms with van der Waals surface area (Å²) in [7, 11) is -3.10. The van der Waals surface area contributed by atoms with Gasteiger partial charge in [-0.1, -0.05) is 71.6 Å². The number of carboxylic acids is 1. The van der Waals surface area contributed by atoms with Gasteiger partial charge in [-0.3, -0.25) is 13.9 Å². The number of unbranched alkanes of at least 4 members (excludes halogenated alkanes) is 2. The fraction of sp³-hybridized carbons (Fsp3) is 0.581. The van der Waals surface area contributed by atoms with Crippen LogP contribution in [0.4, 0.5) is 11.4 Å². The Hall–Kier alpha value is -1.71. The van der Waals surface area contributed by atoms with Crippen molar-refractivity contribution in [3.8, 4) is 0 Å². The molecule has 2 aromatic rings. The van der Waals surface area contributed by atoms with E-state index in [4.69, 9.17) is 0 Å². The minimum Gasteiger partial charge on any atom is -0.480 e. The van der Waals surface area contributed by atoms with Crippen LogP contribution in [0.15, 0.2) is 52.3 Å². The quantitative estimate of drug-likeness (QED) is 0.167. The molecule has 0 fully saturated rings. The number of rotatable bonds is 14. The summed E-state index contributed by atoms with van der Waals surface area (Å²) in [5.74, 6) is -0.260. The van der Waals surface area contributed by atoms with E-state index in [0.29, 0.717) is 23.6 Å². The molecule has 2 aromatic carbocycles. The average molecular weight is 577 g/mol. The second-order valence-electron chi connectivity index (χ2n) is 11.5. The van der Waals surface area contributed by atoms with Crippen molar-refractivity contribution >= 4 is 39.7 Å². The van der Waals surface area contributed by atoms with E-state index in [1.807, 2.05) is 44.4 Å². The van der Waals surface area contributed by atoms with Crippen molar-refractivity contribution in [2.24, 2.45) is 11.3 Å². The molecule has 0 aromatic heterocycles.